The lowest BCUT2D eigenvalue weighted by Crippen LogP contribution is -2.53. The highest BCUT2D eigenvalue weighted by Gasteiger charge is 2.42. The van der Waals surface area contributed by atoms with Gasteiger partial charge in [0, 0.05) is 25.6 Å². The standard InChI is InChI=1S/C25H29N5O4/c1-6-18-15-28(23(32)34-24(2,3)4)13-12-25(18,33-5)16-29-17-26-21-20(22(29)31)14-27-30(21)19-10-8-7-9-11-19/h7-11,14,17H,1,12-13,15-16H2,2-5H3. The molecular formula is C25H29N5O4. The van der Waals surface area contributed by atoms with Crippen LogP contribution in [-0.4, -0.2) is 61.7 Å². The zero-order chi connectivity index (χ0) is 24.5. The molecule has 1 saturated heterocycles. The SMILES string of the molecule is C=C=C1CN(C(=O)OC(C)(C)C)CCC1(Cn1cnc2c(cnn2-c2ccccc2)c1=O)OC. The van der Waals surface area contributed by atoms with E-state index in [1.54, 1.807) is 16.7 Å². The number of piperidine rings is 1. The summed E-state index contributed by atoms with van der Waals surface area (Å²) < 4.78 is 14.6. The van der Waals surface area contributed by atoms with E-state index in [0.29, 0.717) is 29.6 Å². The molecule has 9 heteroatoms. The second-order valence-electron chi connectivity index (χ2n) is 9.31. The number of ether oxygens (including phenoxy) is 2. The molecule has 9 nitrogen and oxygen atoms in total. The predicted molar refractivity (Wildman–Crippen MR) is 128 cm³/mol. The summed E-state index contributed by atoms with van der Waals surface area (Å²) in [5, 5.41) is 4.78. The Labute approximate surface area is 197 Å². The van der Waals surface area contributed by atoms with Gasteiger partial charge in [-0.05, 0) is 32.9 Å². The predicted octanol–water partition coefficient (Wildman–Crippen LogP) is 3.32. The molecule has 3 heterocycles. The molecule has 0 radical (unpaired) electrons. The highest BCUT2D eigenvalue weighted by molar-refractivity contribution is 5.75. The second kappa shape index (κ2) is 8.93. The van der Waals surface area contributed by atoms with Crippen LogP contribution in [0.4, 0.5) is 4.79 Å². The fourth-order valence-electron chi connectivity index (χ4n) is 4.14. The Hall–Kier alpha value is -3.68. The fraction of sp³-hybridized carbons (Fsp3) is 0.400. The summed E-state index contributed by atoms with van der Waals surface area (Å²) in [5.41, 5.74) is 3.25. The number of hydrogen-bond donors (Lipinski definition) is 0. The van der Waals surface area contributed by atoms with Gasteiger partial charge < -0.3 is 14.4 Å². The highest BCUT2D eigenvalue weighted by Crippen LogP contribution is 2.32. The van der Waals surface area contributed by atoms with Crippen LogP contribution in [0.25, 0.3) is 16.7 Å². The van der Waals surface area contributed by atoms with Crippen molar-refractivity contribution in [3.05, 3.63) is 71.1 Å². The van der Waals surface area contributed by atoms with Gasteiger partial charge in [-0.2, -0.15) is 5.10 Å². The first-order valence-corrected chi connectivity index (χ1v) is 11.1. The molecule has 1 amide bonds. The van der Waals surface area contributed by atoms with Gasteiger partial charge in [0.05, 0.1) is 25.0 Å². The fourth-order valence-corrected chi connectivity index (χ4v) is 4.14. The van der Waals surface area contributed by atoms with Crippen molar-refractivity contribution in [2.24, 2.45) is 0 Å². The number of nitrogens with zero attached hydrogens (tertiary/aromatic N) is 5. The molecule has 34 heavy (non-hydrogen) atoms. The van der Waals surface area contributed by atoms with Gasteiger partial charge in [-0.15, -0.1) is 5.73 Å². The first-order valence-electron chi connectivity index (χ1n) is 11.1. The quantitative estimate of drug-likeness (QED) is 0.552. The molecule has 3 aromatic rings. The van der Waals surface area contributed by atoms with E-state index in [-0.39, 0.29) is 18.6 Å². The average Bonchev–Trinajstić information content (AvgIpc) is 3.25. The number of hydrogen-bond acceptors (Lipinski definition) is 6. The third kappa shape index (κ3) is 4.40. The minimum Gasteiger partial charge on any atom is -0.444 e. The maximum atomic E-state index is 13.3. The van der Waals surface area contributed by atoms with Crippen LogP contribution in [-0.2, 0) is 16.0 Å². The lowest BCUT2D eigenvalue weighted by Gasteiger charge is -2.42. The molecule has 2 aromatic heterocycles. The van der Waals surface area contributed by atoms with Gasteiger partial charge in [0.2, 0.25) is 0 Å². The maximum absolute atomic E-state index is 13.3. The van der Waals surface area contributed by atoms with Gasteiger partial charge in [-0.3, -0.25) is 9.36 Å². The molecule has 1 aliphatic rings. The van der Waals surface area contributed by atoms with E-state index in [1.165, 1.54) is 17.1 Å². The van der Waals surface area contributed by atoms with Crippen molar-refractivity contribution < 1.29 is 14.3 Å². The van der Waals surface area contributed by atoms with Crippen molar-refractivity contribution in [1.29, 1.82) is 0 Å². The van der Waals surface area contributed by atoms with E-state index >= 15 is 0 Å². The number of para-hydroxylation sites is 1. The minimum absolute atomic E-state index is 0.210. The molecule has 1 atom stereocenters. The van der Waals surface area contributed by atoms with Crippen LogP contribution in [0.5, 0.6) is 0 Å². The second-order valence-corrected chi connectivity index (χ2v) is 9.31. The van der Waals surface area contributed by atoms with Crippen LogP contribution in [0.1, 0.15) is 27.2 Å². The molecule has 0 N–H and O–H groups in total. The Kier molecular flexibility index (Phi) is 6.17. The number of amides is 1. The van der Waals surface area contributed by atoms with E-state index in [1.807, 2.05) is 51.1 Å². The third-order valence-corrected chi connectivity index (χ3v) is 5.92. The minimum atomic E-state index is -0.852. The van der Waals surface area contributed by atoms with Crippen LogP contribution < -0.4 is 5.56 Å². The monoisotopic (exact) mass is 463 g/mol. The number of fused-ring (bicyclic) bond motifs is 1. The first-order chi connectivity index (χ1) is 16.2. The topological polar surface area (TPSA) is 91.5 Å². The Morgan fingerprint density at radius 2 is 2.00 bits per heavy atom. The van der Waals surface area contributed by atoms with Crippen molar-refractivity contribution in [1.82, 2.24) is 24.2 Å². The molecular weight excluding hydrogens is 434 g/mol. The number of likely N-dealkylation sites (tertiary alicyclic amines) is 1. The summed E-state index contributed by atoms with van der Waals surface area (Å²) in [6.07, 6.45) is 3.09. The molecule has 178 valence electrons. The number of carbonyl (C=O) groups is 1. The number of benzene rings is 1. The Morgan fingerprint density at radius 3 is 2.65 bits per heavy atom. The van der Waals surface area contributed by atoms with Crippen LogP contribution in [0.3, 0.4) is 0 Å². The summed E-state index contributed by atoms with van der Waals surface area (Å²) in [7, 11) is 1.59. The largest absolute Gasteiger partial charge is 0.444 e. The molecule has 1 fully saturated rings. The van der Waals surface area contributed by atoms with E-state index in [9.17, 15) is 9.59 Å². The van der Waals surface area contributed by atoms with Gasteiger partial charge >= 0.3 is 6.09 Å². The Bertz CT molecular complexity index is 1310. The van der Waals surface area contributed by atoms with Gasteiger partial charge in [-0.1, -0.05) is 24.8 Å². The first kappa shape index (κ1) is 23.5. The summed E-state index contributed by atoms with van der Waals surface area (Å²) in [4.78, 5) is 32.0. The molecule has 1 aliphatic heterocycles. The lowest BCUT2D eigenvalue weighted by atomic mass is 9.86. The molecule has 0 bridgehead atoms. The Morgan fingerprint density at radius 1 is 1.26 bits per heavy atom. The smallest absolute Gasteiger partial charge is 0.410 e. The number of aromatic nitrogens is 4. The summed E-state index contributed by atoms with van der Waals surface area (Å²) in [6, 6.07) is 9.52. The van der Waals surface area contributed by atoms with Crippen molar-refractivity contribution in [2.75, 3.05) is 20.2 Å². The van der Waals surface area contributed by atoms with Gasteiger partial charge in [-0.25, -0.2) is 14.5 Å². The molecule has 1 aromatic carbocycles. The van der Waals surface area contributed by atoms with Gasteiger partial charge in [0.15, 0.2) is 5.65 Å². The third-order valence-electron chi connectivity index (χ3n) is 5.92. The molecule has 1 unspecified atom stereocenters. The van der Waals surface area contributed by atoms with E-state index in [4.69, 9.17) is 9.47 Å². The molecule has 4 rings (SSSR count). The van der Waals surface area contributed by atoms with Gasteiger partial charge in [0.25, 0.3) is 5.56 Å². The van der Waals surface area contributed by atoms with E-state index < -0.39 is 17.3 Å². The molecule has 0 saturated carbocycles. The van der Waals surface area contributed by atoms with E-state index in [0.717, 1.165) is 5.69 Å². The number of carbonyl (C=O) groups excluding carboxylic acids is 1. The van der Waals surface area contributed by atoms with Crippen LogP contribution in [0, 0.1) is 0 Å². The zero-order valence-corrected chi connectivity index (χ0v) is 19.9. The summed E-state index contributed by atoms with van der Waals surface area (Å²) in [5.74, 6) is 0. The normalized spacial score (nSPS) is 18.7. The molecule has 0 spiro atoms. The Balaban J connectivity index is 1.62. The maximum Gasteiger partial charge on any atom is 0.410 e. The highest BCUT2D eigenvalue weighted by atomic mass is 16.6. The summed E-state index contributed by atoms with van der Waals surface area (Å²) >= 11 is 0. The van der Waals surface area contributed by atoms with Crippen molar-refractivity contribution in [3.8, 4) is 5.69 Å². The van der Waals surface area contributed by atoms with E-state index in [2.05, 4.69) is 22.4 Å². The number of rotatable bonds is 4. The summed E-state index contributed by atoms with van der Waals surface area (Å²) in [6.45, 7) is 10.2. The van der Waals surface area contributed by atoms with Crippen LogP contribution in [0.2, 0.25) is 0 Å². The van der Waals surface area contributed by atoms with Crippen molar-refractivity contribution in [2.45, 2.75) is 44.9 Å². The van der Waals surface area contributed by atoms with Gasteiger partial charge in [0.1, 0.15) is 22.9 Å². The van der Waals surface area contributed by atoms with Crippen LogP contribution >= 0.6 is 0 Å². The lowest BCUT2D eigenvalue weighted by molar-refractivity contribution is -0.0339. The average molecular weight is 464 g/mol. The number of methoxy groups -OCH3 is 1. The van der Waals surface area contributed by atoms with Crippen molar-refractivity contribution in [3.63, 3.8) is 0 Å². The van der Waals surface area contributed by atoms with Crippen molar-refractivity contribution >= 4 is 17.1 Å². The van der Waals surface area contributed by atoms with Crippen LogP contribution in [0.15, 0.2) is 65.5 Å². The zero-order valence-electron chi connectivity index (χ0n) is 19.9. The molecule has 0 aliphatic carbocycles.